The van der Waals surface area contributed by atoms with E-state index >= 15 is 0 Å². The van der Waals surface area contributed by atoms with Crippen LogP contribution in [-0.4, -0.2) is 17.1 Å². The molecule has 0 spiro atoms. The van der Waals surface area contributed by atoms with Crippen LogP contribution in [-0.2, 0) is 0 Å². The van der Waals surface area contributed by atoms with E-state index in [0.29, 0.717) is 5.57 Å². The van der Waals surface area contributed by atoms with Crippen LogP contribution in [0.2, 0.25) is 0 Å². The van der Waals surface area contributed by atoms with Crippen molar-refractivity contribution in [2.75, 3.05) is 7.11 Å². The number of allylic oxidation sites excluding steroid dienone is 1. The standard InChI is InChI=1S/C16H13N3O/c1-20-13-2-3-16-14(7-13)15(10-19-16)12(8-17)6-11-4-5-18-9-11/h2-7,9-10,18-19H,1H3/b12-6+. The molecule has 3 rings (SSSR count). The summed E-state index contributed by atoms with van der Waals surface area (Å²) < 4.78 is 5.24. The number of nitrogens with one attached hydrogen (secondary N) is 2. The summed E-state index contributed by atoms with van der Waals surface area (Å²) in [6.45, 7) is 0. The molecule has 4 heteroatoms. The predicted octanol–water partition coefficient (Wildman–Crippen LogP) is 3.57. The maximum atomic E-state index is 9.41. The van der Waals surface area contributed by atoms with Crippen molar-refractivity contribution in [3.05, 3.63) is 54.0 Å². The van der Waals surface area contributed by atoms with Gasteiger partial charge in [0.25, 0.3) is 0 Å². The number of methoxy groups -OCH3 is 1. The molecule has 3 aromatic rings. The second-order valence-electron chi connectivity index (χ2n) is 4.43. The van der Waals surface area contributed by atoms with Crippen molar-refractivity contribution in [1.29, 1.82) is 5.26 Å². The molecule has 0 atom stereocenters. The molecule has 4 nitrogen and oxygen atoms in total. The molecule has 2 N–H and O–H groups in total. The Labute approximate surface area is 116 Å². The van der Waals surface area contributed by atoms with E-state index in [4.69, 9.17) is 4.74 Å². The lowest BCUT2D eigenvalue weighted by atomic mass is 10.0. The fraction of sp³-hybridized carbons (Fsp3) is 0.0625. The summed E-state index contributed by atoms with van der Waals surface area (Å²) in [6.07, 6.45) is 7.40. The molecular formula is C16H13N3O. The normalized spacial score (nSPS) is 11.5. The Balaban J connectivity index is 2.15. The number of aromatic nitrogens is 2. The van der Waals surface area contributed by atoms with Crippen LogP contribution in [0.15, 0.2) is 42.9 Å². The zero-order valence-corrected chi connectivity index (χ0v) is 11.0. The molecule has 98 valence electrons. The first-order valence-electron chi connectivity index (χ1n) is 6.22. The predicted molar refractivity (Wildman–Crippen MR) is 79.1 cm³/mol. The van der Waals surface area contributed by atoms with Gasteiger partial charge in [0.2, 0.25) is 0 Å². The smallest absolute Gasteiger partial charge is 0.119 e. The number of fused-ring (bicyclic) bond motifs is 1. The summed E-state index contributed by atoms with van der Waals surface area (Å²) in [4.78, 5) is 6.16. The van der Waals surface area contributed by atoms with Gasteiger partial charge in [0, 0.05) is 35.1 Å². The molecule has 0 amide bonds. The van der Waals surface area contributed by atoms with Crippen molar-refractivity contribution in [2.24, 2.45) is 0 Å². The van der Waals surface area contributed by atoms with Crippen LogP contribution in [0.25, 0.3) is 22.6 Å². The molecular weight excluding hydrogens is 250 g/mol. The Morgan fingerprint density at radius 3 is 2.90 bits per heavy atom. The van der Waals surface area contributed by atoms with Crippen LogP contribution in [0, 0.1) is 11.3 Å². The van der Waals surface area contributed by atoms with Crippen molar-refractivity contribution in [3.63, 3.8) is 0 Å². The summed E-state index contributed by atoms with van der Waals surface area (Å²) in [7, 11) is 1.63. The summed E-state index contributed by atoms with van der Waals surface area (Å²) >= 11 is 0. The summed E-state index contributed by atoms with van der Waals surface area (Å²) in [5, 5.41) is 10.4. The maximum Gasteiger partial charge on any atom is 0.119 e. The lowest BCUT2D eigenvalue weighted by Gasteiger charge is -2.01. The SMILES string of the molecule is COc1ccc2[nH]cc(/C(C#N)=C/c3cc[nH]c3)c2c1. The third kappa shape index (κ3) is 2.06. The van der Waals surface area contributed by atoms with Gasteiger partial charge in [0.05, 0.1) is 18.8 Å². The molecule has 1 aromatic carbocycles. The number of H-pyrrole nitrogens is 2. The van der Waals surface area contributed by atoms with Gasteiger partial charge in [-0.25, -0.2) is 0 Å². The second kappa shape index (κ2) is 4.98. The van der Waals surface area contributed by atoms with Gasteiger partial charge in [-0.1, -0.05) is 0 Å². The van der Waals surface area contributed by atoms with Crippen LogP contribution in [0.3, 0.4) is 0 Å². The van der Waals surface area contributed by atoms with Gasteiger partial charge in [0.1, 0.15) is 5.75 Å². The topological polar surface area (TPSA) is 64.6 Å². The summed E-state index contributed by atoms with van der Waals surface area (Å²) in [5.74, 6) is 0.775. The highest BCUT2D eigenvalue weighted by Gasteiger charge is 2.09. The fourth-order valence-corrected chi connectivity index (χ4v) is 2.21. The van der Waals surface area contributed by atoms with Gasteiger partial charge in [-0.15, -0.1) is 0 Å². The van der Waals surface area contributed by atoms with Crippen LogP contribution in [0.5, 0.6) is 5.75 Å². The van der Waals surface area contributed by atoms with Gasteiger partial charge in [-0.2, -0.15) is 5.26 Å². The first kappa shape index (κ1) is 12.1. The van der Waals surface area contributed by atoms with E-state index in [9.17, 15) is 5.26 Å². The second-order valence-corrected chi connectivity index (χ2v) is 4.43. The van der Waals surface area contributed by atoms with E-state index in [1.807, 2.05) is 48.9 Å². The minimum Gasteiger partial charge on any atom is -0.497 e. The highest BCUT2D eigenvalue weighted by molar-refractivity contribution is 6.01. The van der Waals surface area contributed by atoms with Crippen molar-refractivity contribution >= 4 is 22.6 Å². The van der Waals surface area contributed by atoms with Crippen LogP contribution >= 0.6 is 0 Å². The third-order valence-electron chi connectivity index (χ3n) is 3.23. The Morgan fingerprint density at radius 2 is 2.20 bits per heavy atom. The van der Waals surface area contributed by atoms with E-state index in [1.54, 1.807) is 7.11 Å². The number of benzene rings is 1. The van der Waals surface area contributed by atoms with Gasteiger partial charge in [-0.05, 0) is 35.9 Å². The highest BCUT2D eigenvalue weighted by Crippen LogP contribution is 2.29. The number of aromatic amines is 2. The van der Waals surface area contributed by atoms with Gasteiger partial charge >= 0.3 is 0 Å². The molecule has 0 saturated carbocycles. The van der Waals surface area contributed by atoms with Crippen LogP contribution < -0.4 is 4.74 Å². The number of nitrogens with zero attached hydrogens (tertiary/aromatic N) is 1. The quantitative estimate of drug-likeness (QED) is 0.709. The Kier molecular flexibility index (Phi) is 3.02. The molecule has 0 aliphatic carbocycles. The largest absolute Gasteiger partial charge is 0.497 e. The first-order chi connectivity index (χ1) is 9.81. The average Bonchev–Trinajstić information content (AvgIpc) is 3.13. The Bertz CT molecular complexity index is 804. The van der Waals surface area contributed by atoms with E-state index < -0.39 is 0 Å². The van der Waals surface area contributed by atoms with E-state index in [1.165, 1.54) is 0 Å². The zero-order chi connectivity index (χ0) is 13.9. The third-order valence-corrected chi connectivity index (χ3v) is 3.23. The Morgan fingerprint density at radius 1 is 1.30 bits per heavy atom. The van der Waals surface area contributed by atoms with Gasteiger partial charge < -0.3 is 14.7 Å². The molecule has 2 heterocycles. The molecule has 0 radical (unpaired) electrons. The lowest BCUT2D eigenvalue weighted by molar-refractivity contribution is 0.415. The average molecular weight is 263 g/mol. The van der Waals surface area contributed by atoms with Gasteiger partial charge in [-0.3, -0.25) is 0 Å². The van der Waals surface area contributed by atoms with E-state index in [0.717, 1.165) is 27.8 Å². The molecule has 0 aliphatic rings. The zero-order valence-electron chi connectivity index (χ0n) is 11.0. The first-order valence-corrected chi connectivity index (χ1v) is 6.22. The number of hydrogen-bond donors (Lipinski definition) is 2. The summed E-state index contributed by atoms with van der Waals surface area (Å²) in [6, 6.07) is 9.96. The number of nitriles is 1. The summed E-state index contributed by atoms with van der Waals surface area (Å²) in [5.41, 5.74) is 3.45. The molecule has 0 bridgehead atoms. The number of rotatable bonds is 3. The molecule has 0 saturated heterocycles. The molecule has 2 aromatic heterocycles. The molecule has 20 heavy (non-hydrogen) atoms. The van der Waals surface area contributed by atoms with Crippen molar-refractivity contribution in [2.45, 2.75) is 0 Å². The fourth-order valence-electron chi connectivity index (χ4n) is 2.21. The van der Waals surface area contributed by atoms with Gasteiger partial charge in [0.15, 0.2) is 0 Å². The molecule has 0 unspecified atom stereocenters. The highest BCUT2D eigenvalue weighted by atomic mass is 16.5. The Hall–Kier alpha value is -2.93. The van der Waals surface area contributed by atoms with Crippen LogP contribution in [0.1, 0.15) is 11.1 Å². The molecule has 0 fully saturated rings. The van der Waals surface area contributed by atoms with E-state index in [2.05, 4.69) is 16.0 Å². The van der Waals surface area contributed by atoms with Crippen molar-refractivity contribution in [1.82, 2.24) is 9.97 Å². The number of ether oxygens (including phenoxy) is 1. The monoisotopic (exact) mass is 263 g/mol. The lowest BCUT2D eigenvalue weighted by Crippen LogP contribution is -1.83. The van der Waals surface area contributed by atoms with Crippen molar-refractivity contribution < 1.29 is 4.74 Å². The van der Waals surface area contributed by atoms with E-state index in [-0.39, 0.29) is 0 Å². The van der Waals surface area contributed by atoms with Crippen molar-refractivity contribution in [3.8, 4) is 11.8 Å². The minimum atomic E-state index is 0.615. The number of hydrogen-bond acceptors (Lipinski definition) is 2. The maximum absolute atomic E-state index is 9.41. The minimum absolute atomic E-state index is 0.615. The molecule has 0 aliphatic heterocycles. The van der Waals surface area contributed by atoms with Crippen LogP contribution in [0.4, 0.5) is 0 Å².